The van der Waals surface area contributed by atoms with E-state index < -0.39 is 0 Å². The third kappa shape index (κ3) is 5.01. The molecule has 1 amide bonds. The Hall–Kier alpha value is -3.85. The number of nitrogens with zero attached hydrogens (tertiary/aromatic N) is 3. The zero-order valence-electron chi connectivity index (χ0n) is 16.6. The van der Waals surface area contributed by atoms with E-state index in [0.717, 1.165) is 5.56 Å². The number of hydrogen-bond acceptors (Lipinski definition) is 8. The van der Waals surface area contributed by atoms with Crippen molar-refractivity contribution in [3.8, 4) is 22.9 Å². The quantitative estimate of drug-likeness (QED) is 0.434. The van der Waals surface area contributed by atoms with Gasteiger partial charge in [-0.3, -0.25) is 14.9 Å². The van der Waals surface area contributed by atoms with Crippen LogP contribution in [0.5, 0.6) is 0 Å². The summed E-state index contributed by atoms with van der Waals surface area (Å²) in [4.78, 5) is 28.3. The van der Waals surface area contributed by atoms with E-state index in [1.807, 2.05) is 30.3 Å². The molecule has 31 heavy (non-hydrogen) atoms. The lowest BCUT2D eigenvalue weighted by molar-refractivity contribution is -0.142. The molecule has 0 saturated heterocycles. The second-order valence-electron chi connectivity index (χ2n) is 6.44. The van der Waals surface area contributed by atoms with Crippen molar-refractivity contribution in [2.24, 2.45) is 0 Å². The lowest BCUT2D eigenvalue weighted by Crippen LogP contribution is -2.12. The minimum absolute atomic E-state index is 0.0735. The molecule has 0 bridgehead atoms. The molecule has 0 unspecified atom stereocenters. The lowest BCUT2D eigenvalue weighted by atomic mass is 10.1. The number of amides is 1. The third-order valence-corrected chi connectivity index (χ3v) is 5.05. The van der Waals surface area contributed by atoms with Crippen LogP contribution in [0.25, 0.3) is 22.9 Å². The van der Waals surface area contributed by atoms with Crippen molar-refractivity contribution in [3.63, 3.8) is 0 Å². The average molecular weight is 434 g/mol. The minimum Gasteiger partial charge on any atom is -0.466 e. The highest BCUT2D eigenvalue weighted by Crippen LogP contribution is 2.24. The van der Waals surface area contributed by atoms with Gasteiger partial charge in [-0.1, -0.05) is 18.2 Å². The highest BCUT2D eigenvalue weighted by molar-refractivity contribution is 7.14. The van der Waals surface area contributed by atoms with Crippen LogP contribution in [0.15, 0.2) is 64.4 Å². The van der Waals surface area contributed by atoms with E-state index >= 15 is 0 Å². The minimum atomic E-state index is -0.349. The topological polar surface area (TPSA) is 107 Å². The SMILES string of the molecule is CCOC(=O)Cc1csc(NC(=O)c2ccc(-c3nnc(-c4ccccc4)o3)cc2)n1. The zero-order valence-corrected chi connectivity index (χ0v) is 17.4. The van der Waals surface area contributed by atoms with E-state index in [1.165, 1.54) is 11.3 Å². The molecule has 4 aromatic rings. The van der Waals surface area contributed by atoms with Crippen LogP contribution in [-0.2, 0) is 16.0 Å². The smallest absolute Gasteiger partial charge is 0.311 e. The predicted octanol–water partition coefficient (Wildman–Crippen LogP) is 4.22. The summed E-state index contributed by atoms with van der Waals surface area (Å²) in [6.07, 6.45) is 0.0735. The van der Waals surface area contributed by atoms with Gasteiger partial charge in [-0.15, -0.1) is 21.5 Å². The van der Waals surface area contributed by atoms with Gasteiger partial charge >= 0.3 is 5.97 Å². The number of benzene rings is 2. The molecule has 0 atom stereocenters. The molecule has 0 aliphatic carbocycles. The molecule has 156 valence electrons. The summed E-state index contributed by atoms with van der Waals surface area (Å²) in [5.41, 5.74) is 2.55. The Morgan fingerprint density at radius 3 is 2.35 bits per heavy atom. The van der Waals surface area contributed by atoms with Crippen molar-refractivity contribution >= 4 is 28.3 Å². The van der Waals surface area contributed by atoms with Gasteiger partial charge in [0.05, 0.1) is 18.7 Å². The Kier molecular flexibility index (Phi) is 6.13. The molecule has 2 aromatic heterocycles. The first-order valence-electron chi connectivity index (χ1n) is 9.53. The van der Waals surface area contributed by atoms with Crippen LogP contribution in [0.1, 0.15) is 23.0 Å². The van der Waals surface area contributed by atoms with Gasteiger partial charge in [-0.2, -0.15) is 0 Å². The van der Waals surface area contributed by atoms with Crippen LogP contribution in [-0.4, -0.2) is 33.7 Å². The van der Waals surface area contributed by atoms with Gasteiger partial charge in [0.25, 0.3) is 5.91 Å². The number of carbonyl (C=O) groups is 2. The summed E-state index contributed by atoms with van der Waals surface area (Å²) in [7, 11) is 0. The Morgan fingerprint density at radius 2 is 1.68 bits per heavy atom. The number of ether oxygens (including phenoxy) is 1. The normalized spacial score (nSPS) is 10.6. The predicted molar refractivity (Wildman–Crippen MR) is 116 cm³/mol. The molecule has 0 aliphatic rings. The molecule has 2 aromatic carbocycles. The van der Waals surface area contributed by atoms with Crippen LogP contribution in [0.3, 0.4) is 0 Å². The maximum atomic E-state index is 12.5. The average Bonchev–Trinajstić information content (AvgIpc) is 3.45. The van der Waals surface area contributed by atoms with Crippen LogP contribution in [0, 0.1) is 0 Å². The van der Waals surface area contributed by atoms with E-state index in [9.17, 15) is 9.59 Å². The van der Waals surface area contributed by atoms with E-state index in [2.05, 4.69) is 20.5 Å². The van der Waals surface area contributed by atoms with Crippen molar-refractivity contribution in [3.05, 3.63) is 71.2 Å². The molecule has 0 radical (unpaired) electrons. The summed E-state index contributed by atoms with van der Waals surface area (Å²) < 4.78 is 10.6. The van der Waals surface area contributed by atoms with Crippen LogP contribution < -0.4 is 5.32 Å². The van der Waals surface area contributed by atoms with Gasteiger partial charge in [0, 0.05) is 22.1 Å². The molecule has 0 fully saturated rings. The molecule has 4 rings (SSSR count). The van der Waals surface area contributed by atoms with Crippen molar-refractivity contribution < 1.29 is 18.7 Å². The molecule has 1 N–H and O–H groups in total. The number of aromatic nitrogens is 3. The fourth-order valence-corrected chi connectivity index (χ4v) is 3.48. The van der Waals surface area contributed by atoms with Crippen LogP contribution in [0.2, 0.25) is 0 Å². The molecular formula is C22H18N4O4S. The summed E-state index contributed by atoms with van der Waals surface area (Å²) in [5, 5.41) is 13.0. The summed E-state index contributed by atoms with van der Waals surface area (Å²) >= 11 is 1.25. The summed E-state index contributed by atoms with van der Waals surface area (Å²) in [5.74, 6) is 0.144. The molecule has 0 spiro atoms. The number of rotatable bonds is 7. The van der Waals surface area contributed by atoms with Crippen molar-refractivity contribution in [2.45, 2.75) is 13.3 Å². The molecule has 8 nitrogen and oxygen atoms in total. The molecule has 0 saturated carbocycles. The van der Waals surface area contributed by atoms with E-state index in [4.69, 9.17) is 9.15 Å². The Morgan fingerprint density at radius 1 is 1.00 bits per heavy atom. The van der Waals surface area contributed by atoms with Gasteiger partial charge in [0.15, 0.2) is 5.13 Å². The van der Waals surface area contributed by atoms with Crippen LogP contribution >= 0.6 is 11.3 Å². The van der Waals surface area contributed by atoms with Gasteiger partial charge < -0.3 is 9.15 Å². The maximum absolute atomic E-state index is 12.5. The van der Waals surface area contributed by atoms with E-state index in [1.54, 1.807) is 36.6 Å². The first kappa shape index (κ1) is 20.4. The van der Waals surface area contributed by atoms with Gasteiger partial charge in [-0.05, 0) is 43.3 Å². The van der Waals surface area contributed by atoms with Crippen molar-refractivity contribution in [2.75, 3.05) is 11.9 Å². The molecule has 0 aliphatic heterocycles. The summed E-state index contributed by atoms with van der Waals surface area (Å²) in [6.45, 7) is 2.07. The number of thiazole rings is 1. The number of hydrogen-bond donors (Lipinski definition) is 1. The number of carbonyl (C=O) groups excluding carboxylic acids is 2. The first-order valence-corrected chi connectivity index (χ1v) is 10.4. The fraction of sp³-hybridized carbons (Fsp3) is 0.136. The maximum Gasteiger partial charge on any atom is 0.311 e. The van der Waals surface area contributed by atoms with Crippen LogP contribution in [0.4, 0.5) is 5.13 Å². The highest BCUT2D eigenvalue weighted by atomic mass is 32.1. The Labute approximate surface area is 181 Å². The second kappa shape index (κ2) is 9.31. The van der Waals surface area contributed by atoms with E-state index in [-0.39, 0.29) is 18.3 Å². The molecule has 2 heterocycles. The molecular weight excluding hydrogens is 416 g/mol. The monoisotopic (exact) mass is 434 g/mol. The van der Waals surface area contributed by atoms with Crippen molar-refractivity contribution in [1.29, 1.82) is 0 Å². The fourth-order valence-electron chi connectivity index (χ4n) is 2.78. The standard InChI is InChI=1S/C22H18N4O4S/c1-2-29-18(27)12-17-13-31-22(23-17)24-19(28)14-8-10-16(11-9-14)21-26-25-20(30-21)15-6-4-3-5-7-15/h3-11,13H,2,12H2,1H3,(H,23,24,28). The Bertz CT molecular complexity index is 1190. The largest absolute Gasteiger partial charge is 0.466 e. The number of esters is 1. The van der Waals surface area contributed by atoms with Gasteiger partial charge in [0.1, 0.15) is 0 Å². The Balaban J connectivity index is 1.40. The third-order valence-electron chi connectivity index (χ3n) is 4.24. The van der Waals surface area contributed by atoms with Crippen molar-refractivity contribution in [1.82, 2.24) is 15.2 Å². The highest BCUT2D eigenvalue weighted by Gasteiger charge is 2.14. The number of anilines is 1. The number of nitrogens with one attached hydrogen (secondary N) is 1. The van der Waals surface area contributed by atoms with Gasteiger partial charge in [0.2, 0.25) is 11.8 Å². The zero-order chi connectivity index (χ0) is 21.6. The lowest BCUT2D eigenvalue weighted by Gasteiger charge is -2.02. The van der Waals surface area contributed by atoms with Gasteiger partial charge in [-0.25, -0.2) is 4.98 Å². The van der Waals surface area contributed by atoms with E-state index in [0.29, 0.717) is 40.3 Å². The summed E-state index contributed by atoms with van der Waals surface area (Å²) in [6, 6.07) is 16.3. The molecule has 9 heteroatoms. The second-order valence-corrected chi connectivity index (χ2v) is 7.29. The first-order chi connectivity index (χ1) is 15.1.